The van der Waals surface area contributed by atoms with E-state index in [0.29, 0.717) is 0 Å². The molecule has 0 atom stereocenters. The van der Waals surface area contributed by atoms with Crippen LogP contribution in [0.1, 0.15) is 26.7 Å². The molecule has 0 aliphatic rings. The van der Waals surface area contributed by atoms with Gasteiger partial charge in [0, 0.05) is 0 Å². The summed E-state index contributed by atoms with van der Waals surface area (Å²) >= 11 is 3.64. The number of esters is 2. The Morgan fingerprint density at radius 2 is 1.94 bits per heavy atom. The molecule has 0 heterocycles. The average Bonchev–Trinajstić information content (AvgIpc) is 2.27. The van der Waals surface area contributed by atoms with Crippen molar-refractivity contribution in [2.45, 2.75) is 32.8 Å². The van der Waals surface area contributed by atoms with E-state index in [1.807, 2.05) is 0 Å². The molecule has 6 nitrogen and oxygen atoms in total. The van der Waals surface area contributed by atoms with Crippen molar-refractivity contribution in [3.63, 3.8) is 0 Å². The second-order valence-corrected chi connectivity index (χ2v) is 3.95. The van der Waals surface area contributed by atoms with Crippen LogP contribution in [0, 0.1) is 0 Å². The van der Waals surface area contributed by atoms with Gasteiger partial charge in [0.05, 0.1) is 0 Å². The van der Waals surface area contributed by atoms with Gasteiger partial charge in [0.1, 0.15) is 0 Å². The summed E-state index contributed by atoms with van der Waals surface area (Å²) in [4.78, 5) is 34.0. The zero-order valence-corrected chi connectivity index (χ0v) is 11.4. The number of carbonyl (C=O) groups is 3. The molecule has 0 fully saturated rings. The summed E-state index contributed by atoms with van der Waals surface area (Å²) in [6.07, 6.45) is 0.00421. The SMILES string of the molecule is CC(C)OC(=O)CCNC(=O)CCOC(=O)[CH]=[Co]. The van der Waals surface area contributed by atoms with Gasteiger partial charge in [-0.15, -0.1) is 0 Å². The standard InChI is InChI=1S/C11H17NO5.Co/c1-8(2)17-11(15)4-6-12-10(14)5-7-16-9(3)13;/h3,8H,4-7H2,1-2H3,(H,12,14);. The van der Waals surface area contributed by atoms with E-state index in [9.17, 15) is 14.4 Å². The fourth-order valence-electron chi connectivity index (χ4n) is 0.986. The molecule has 0 aromatic heterocycles. The number of carbonyl (C=O) groups excluding carboxylic acids is 3. The van der Waals surface area contributed by atoms with Crippen LogP contribution < -0.4 is 5.32 Å². The van der Waals surface area contributed by atoms with Crippen molar-refractivity contribution in [3.05, 3.63) is 0 Å². The second-order valence-electron chi connectivity index (χ2n) is 3.65. The maximum atomic E-state index is 11.2. The minimum absolute atomic E-state index is 0.0168. The molecule has 105 valence electrons. The predicted molar refractivity (Wildman–Crippen MR) is 60.5 cm³/mol. The summed E-state index contributed by atoms with van der Waals surface area (Å²) in [5.74, 6) is -1.25. The minimum atomic E-state index is -0.594. The molecule has 0 radical (unpaired) electrons. The second kappa shape index (κ2) is 9.78. The molecule has 0 saturated heterocycles. The van der Waals surface area contributed by atoms with E-state index in [4.69, 9.17) is 4.74 Å². The summed E-state index contributed by atoms with van der Waals surface area (Å²) in [6.45, 7) is 3.69. The molecular weight excluding hydrogens is 285 g/mol. The fourth-order valence-corrected chi connectivity index (χ4v) is 1.07. The predicted octanol–water partition coefficient (Wildman–Crippen LogP) is -0.273. The van der Waals surface area contributed by atoms with Crippen molar-refractivity contribution in [1.82, 2.24) is 5.32 Å². The summed E-state index contributed by atoms with van der Waals surface area (Å²) < 4.78 is 9.50. The van der Waals surface area contributed by atoms with Crippen LogP contribution in [0.25, 0.3) is 0 Å². The van der Waals surface area contributed by atoms with Gasteiger partial charge in [-0.1, -0.05) is 0 Å². The van der Waals surface area contributed by atoms with Crippen LogP contribution in [-0.4, -0.2) is 42.1 Å². The molecule has 7 heteroatoms. The Kier molecular flexibility index (Phi) is 9.12. The molecule has 0 aromatic carbocycles. The zero-order chi connectivity index (χ0) is 14.0. The van der Waals surface area contributed by atoms with Crippen LogP contribution in [0.2, 0.25) is 0 Å². The number of rotatable bonds is 8. The quantitative estimate of drug-likeness (QED) is 0.624. The number of hydrogen-bond acceptors (Lipinski definition) is 5. The molecule has 0 unspecified atom stereocenters. The number of hydrogen-bond donors (Lipinski definition) is 1. The normalized spacial score (nSPS) is 9.78. The molecule has 0 spiro atoms. The third kappa shape index (κ3) is 9.97. The molecule has 0 aliphatic heterocycles. The van der Waals surface area contributed by atoms with Crippen LogP contribution in [0.3, 0.4) is 0 Å². The molecular formula is C11H17CoNO5. The van der Waals surface area contributed by atoms with Gasteiger partial charge in [0.25, 0.3) is 0 Å². The Morgan fingerprint density at radius 3 is 2.50 bits per heavy atom. The Labute approximate surface area is 114 Å². The van der Waals surface area contributed by atoms with Gasteiger partial charge in [-0.3, -0.25) is 0 Å². The molecule has 0 aromatic rings. The van der Waals surface area contributed by atoms with E-state index in [1.54, 1.807) is 13.8 Å². The van der Waals surface area contributed by atoms with Gasteiger partial charge in [-0.25, -0.2) is 0 Å². The van der Waals surface area contributed by atoms with Gasteiger partial charge >= 0.3 is 99.4 Å². The topological polar surface area (TPSA) is 81.7 Å². The Balaban J connectivity index is 3.56. The van der Waals surface area contributed by atoms with Crippen LogP contribution in [0.5, 0.6) is 0 Å². The van der Waals surface area contributed by atoms with Crippen molar-refractivity contribution < 1.29 is 39.2 Å². The molecule has 1 amide bonds. The van der Waals surface area contributed by atoms with Crippen molar-refractivity contribution in [3.8, 4) is 0 Å². The fraction of sp³-hybridized carbons (Fsp3) is 0.636. The van der Waals surface area contributed by atoms with E-state index in [0.717, 1.165) is 4.96 Å². The molecule has 0 saturated carbocycles. The molecule has 18 heavy (non-hydrogen) atoms. The van der Waals surface area contributed by atoms with Gasteiger partial charge in [-0.05, 0) is 13.8 Å². The van der Waals surface area contributed by atoms with Crippen LogP contribution in [-0.2, 0) is 39.2 Å². The molecule has 0 bridgehead atoms. The van der Waals surface area contributed by atoms with Crippen LogP contribution >= 0.6 is 0 Å². The Hall–Kier alpha value is -1.21. The van der Waals surface area contributed by atoms with E-state index >= 15 is 0 Å². The van der Waals surface area contributed by atoms with Crippen LogP contribution in [0.15, 0.2) is 0 Å². The van der Waals surface area contributed by atoms with Gasteiger partial charge in [-0.2, -0.15) is 0 Å². The van der Waals surface area contributed by atoms with Crippen molar-refractivity contribution >= 4 is 22.8 Å². The van der Waals surface area contributed by atoms with E-state index in [2.05, 4.69) is 25.4 Å². The van der Waals surface area contributed by atoms with E-state index < -0.39 is 5.97 Å². The third-order valence-corrected chi connectivity index (χ3v) is 1.92. The van der Waals surface area contributed by atoms with Gasteiger partial charge in [0.2, 0.25) is 0 Å². The maximum absolute atomic E-state index is 11.2. The summed E-state index contributed by atoms with van der Waals surface area (Å²) in [7, 11) is 0. The van der Waals surface area contributed by atoms with Crippen LogP contribution in [0.4, 0.5) is 0 Å². The third-order valence-electron chi connectivity index (χ3n) is 1.67. The summed E-state index contributed by atoms with van der Waals surface area (Å²) in [5, 5.41) is 2.52. The van der Waals surface area contributed by atoms with E-state index in [-0.39, 0.29) is 44.0 Å². The molecule has 0 rings (SSSR count). The van der Waals surface area contributed by atoms with E-state index in [1.165, 1.54) is 0 Å². The Bertz CT molecular complexity index is 317. The molecule has 0 aliphatic carbocycles. The van der Waals surface area contributed by atoms with Crippen molar-refractivity contribution in [1.29, 1.82) is 0 Å². The van der Waals surface area contributed by atoms with Crippen molar-refractivity contribution in [2.24, 2.45) is 0 Å². The average molecular weight is 302 g/mol. The van der Waals surface area contributed by atoms with Gasteiger partial charge < -0.3 is 0 Å². The first-order valence-corrected chi connectivity index (χ1v) is 6.09. The molecule has 1 N–H and O–H groups in total. The van der Waals surface area contributed by atoms with Crippen molar-refractivity contribution in [2.75, 3.05) is 13.2 Å². The Morgan fingerprint density at radius 1 is 1.28 bits per heavy atom. The monoisotopic (exact) mass is 302 g/mol. The van der Waals surface area contributed by atoms with Gasteiger partial charge in [0.15, 0.2) is 0 Å². The summed E-state index contributed by atoms with van der Waals surface area (Å²) in [6, 6.07) is 0. The first-order valence-electron chi connectivity index (χ1n) is 5.49. The number of nitrogens with one attached hydrogen (secondary N) is 1. The zero-order valence-electron chi connectivity index (χ0n) is 10.4. The number of amides is 1. The summed E-state index contributed by atoms with van der Waals surface area (Å²) in [5.41, 5.74) is 0. The number of ether oxygens (including phenoxy) is 2. The first kappa shape index (κ1) is 16.8. The first-order chi connectivity index (χ1) is 8.45.